The quantitative estimate of drug-likeness (QED) is 0.830. The maximum atomic E-state index is 12.4. The van der Waals surface area contributed by atoms with Crippen LogP contribution < -0.4 is 15.6 Å². The molecule has 0 bridgehead atoms. The summed E-state index contributed by atoms with van der Waals surface area (Å²) in [5.41, 5.74) is 2.69. The van der Waals surface area contributed by atoms with Crippen LogP contribution in [0.15, 0.2) is 41.2 Å². The first kappa shape index (κ1) is 15.3. The van der Waals surface area contributed by atoms with Gasteiger partial charge in [-0.05, 0) is 31.2 Å². The number of hydrogen-bond acceptors (Lipinski definition) is 3. The average Bonchev–Trinajstić information content (AvgIpc) is 2.52. The Balaban J connectivity index is 2.33. The van der Waals surface area contributed by atoms with Crippen LogP contribution in [0, 0.1) is 0 Å². The lowest BCUT2D eigenvalue weighted by atomic mass is 10.1. The standard InChI is InChI=1S/C17H22N2O2/c1-4-10-18-12-14-8-9-16(19(2)17(14)20)13-6-5-7-15(11-13)21-3/h5-9,11,18H,4,10,12H2,1-3H3. The van der Waals surface area contributed by atoms with Crippen LogP contribution in [0.25, 0.3) is 11.3 Å². The Labute approximate surface area is 125 Å². The van der Waals surface area contributed by atoms with Crippen LogP contribution in [-0.2, 0) is 13.6 Å². The first-order chi connectivity index (χ1) is 10.2. The van der Waals surface area contributed by atoms with E-state index in [0.29, 0.717) is 6.54 Å². The summed E-state index contributed by atoms with van der Waals surface area (Å²) in [6, 6.07) is 11.6. The fourth-order valence-corrected chi connectivity index (χ4v) is 2.29. The van der Waals surface area contributed by atoms with Gasteiger partial charge in [-0.2, -0.15) is 0 Å². The molecule has 0 radical (unpaired) electrons. The molecule has 4 nitrogen and oxygen atoms in total. The lowest BCUT2D eigenvalue weighted by Gasteiger charge is -2.12. The van der Waals surface area contributed by atoms with Gasteiger partial charge >= 0.3 is 0 Å². The first-order valence-corrected chi connectivity index (χ1v) is 7.21. The van der Waals surface area contributed by atoms with E-state index in [0.717, 1.165) is 35.5 Å². The topological polar surface area (TPSA) is 43.3 Å². The summed E-state index contributed by atoms with van der Waals surface area (Å²) in [4.78, 5) is 12.4. The zero-order chi connectivity index (χ0) is 15.2. The van der Waals surface area contributed by atoms with Crippen molar-refractivity contribution in [2.45, 2.75) is 19.9 Å². The van der Waals surface area contributed by atoms with Crippen molar-refractivity contribution < 1.29 is 4.74 Å². The van der Waals surface area contributed by atoms with Crippen molar-refractivity contribution in [2.24, 2.45) is 7.05 Å². The summed E-state index contributed by atoms with van der Waals surface area (Å²) in [6.45, 7) is 3.64. The average molecular weight is 286 g/mol. The van der Waals surface area contributed by atoms with Crippen LogP contribution in [0.3, 0.4) is 0 Å². The highest BCUT2D eigenvalue weighted by Crippen LogP contribution is 2.22. The van der Waals surface area contributed by atoms with Gasteiger partial charge < -0.3 is 14.6 Å². The van der Waals surface area contributed by atoms with E-state index < -0.39 is 0 Å². The molecule has 0 atom stereocenters. The minimum Gasteiger partial charge on any atom is -0.497 e. The van der Waals surface area contributed by atoms with Crippen LogP contribution in [0.1, 0.15) is 18.9 Å². The van der Waals surface area contributed by atoms with Gasteiger partial charge in [0.2, 0.25) is 0 Å². The van der Waals surface area contributed by atoms with E-state index in [9.17, 15) is 4.79 Å². The van der Waals surface area contributed by atoms with Gasteiger partial charge in [0.1, 0.15) is 5.75 Å². The Morgan fingerprint density at radius 1 is 1.24 bits per heavy atom. The Morgan fingerprint density at radius 2 is 2.05 bits per heavy atom. The van der Waals surface area contributed by atoms with Gasteiger partial charge in [-0.15, -0.1) is 0 Å². The molecule has 0 amide bonds. The van der Waals surface area contributed by atoms with Gasteiger partial charge in [-0.3, -0.25) is 4.79 Å². The highest BCUT2D eigenvalue weighted by molar-refractivity contribution is 5.61. The van der Waals surface area contributed by atoms with E-state index in [-0.39, 0.29) is 5.56 Å². The number of ether oxygens (including phenoxy) is 1. The number of benzene rings is 1. The van der Waals surface area contributed by atoms with E-state index >= 15 is 0 Å². The summed E-state index contributed by atoms with van der Waals surface area (Å²) in [5.74, 6) is 0.786. The Kier molecular flexibility index (Phi) is 5.17. The van der Waals surface area contributed by atoms with Gasteiger partial charge in [-0.25, -0.2) is 0 Å². The summed E-state index contributed by atoms with van der Waals surface area (Å²) in [6.07, 6.45) is 1.06. The second-order valence-corrected chi connectivity index (χ2v) is 5.02. The summed E-state index contributed by atoms with van der Waals surface area (Å²) < 4.78 is 6.93. The predicted molar refractivity (Wildman–Crippen MR) is 85.7 cm³/mol. The smallest absolute Gasteiger partial charge is 0.255 e. The molecule has 2 rings (SSSR count). The normalized spacial score (nSPS) is 10.6. The van der Waals surface area contributed by atoms with E-state index in [4.69, 9.17) is 4.74 Å². The van der Waals surface area contributed by atoms with Crippen LogP contribution >= 0.6 is 0 Å². The molecule has 0 saturated carbocycles. The molecule has 0 aliphatic carbocycles. The molecule has 4 heteroatoms. The van der Waals surface area contributed by atoms with Crippen molar-refractivity contribution >= 4 is 0 Å². The molecule has 0 fully saturated rings. The first-order valence-electron chi connectivity index (χ1n) is 7.21. The number of hydrogen-bond donors (Lipinski definition) is 1. The zero-order valence-corrected chi connectivity index (χ0v) is 12.8. The molecule has 112 valence electrons. The van der Waals surface area contributed by atoms with Crippen molar-refractivity contribution in [1.29, 1.82) is 0 Å². The van der Waals surface area contributed by atoms with E-state index in [1.807, 2.05) is 36.4 Å². The third kappa shape index (κ3) is 3.52. The minimum atomic E-state index is 0.0407. The number of methoxy groups -OCH3 is 1. The van der Waals surface area contributed by atoms with Crippen LogP contribution in [0.2, 0.25) is 0 Å². The number of nitrogens with one attached hydrogen (secondary N) is 1. The van der Waals surface area contributed by atoms with Gasteiger partial charge in [-0.1, -0.05) is 25.1 Å². The van der Waals surface area contributed by atoms with E-state index in [2.05, 4.69) is 12.2 Å². The number of rotatable bonds is 6. The summed E-state index contributed by atoms with van der Waals surface area (Å²) in [5, 5.41) is 3.26. The number of aromatic nitrogens is 1. The zero-order valence-electron chi connectivity index (χ0n) is 12.8. The molecule has 0 aliphatic rings. The number of pyridine rings is 1. The predicted octanol–water partition coefficient (Wildman–Crippen LogP) is 2.56. The summed E-state index contributed by atoms with van der Waals surface area (Å²) in [7, 11) is 3.45. The Morgan fingerprint density at radius 3 is 2.76 bits per heavy atom. The molecular formula is C17H22N2O2. The van der Waals surface area contributed by atoms with Gasteiger partial charge in [0.15, 0.2) is 0 Å². The van der Waals surface area contributed by atoms with Crippen molar-refractivity contribution in [3.8, 4) is 17.0 Å². The number of nitrogens with zero attached hydrogens (tertiary/aromatic N) is 1. The van der Waals surface area contributed by atoms with E-state index in [1.165, 1.54) is 0 Å². The molecule has 2 aromatic rings. The highest BCUT2D eigenvalue weighted by Gasteiger charge is 2.08. The lowest BCUT2D eigenvalue weighted by Crippen LogP contribution is -2.26. The van der Waals surface area contributed by atoms with Crippen LogP contribution in [-0.4, -0.2) is 18.2 Å². The maximum absolute atomic E-state index is 12.4. The molecule has 1 heterocycles. The molecule has 1 aromatic heterocycles. The molecular weight excluding hydrogens is 264 g/mol. The molecule has 0 unspecified atom stereocenters. The fraction of sp³-hybridized carbons (Fsp3) is 0.353. The Hall–Kier alpha value is -2.07. The molecule has 0 spiro atoms. The van der Waals surface area contributed by atoms with Crippen molar-refractivity contribution in [2.75, 3.05) is 13.7 Å². The van der Waals surface area contributed by atoms with Crippen molar-refractivity contribution in [3.63, 3.8) is 0 Å². The lowest BCUT2D eigenvalue weighted by molar-refractivity contribution is 0.415. The second-order valence-electron chi connectivity index (χ2n) is 5.02. The molecule has 21 heavy (non-hydrogen) atoms. The maximum Gasteiger partial charge on any atom is 0.255 e. The SMILES string of the molecule is CCCNCc1ccc(-c2cccc(OC)c2)n(C)c1=O. The third-order valence-electron chi connectivity index (χ3n) is 3.49. The molecule has 1 aromatic carbocycles. The minimum absolute atomic E-state index is 0.0407. The molecule has 0 saturated heterocycles. The van der Waals surface area contributed by atoms with Crippen molar-refractivity contribution in [3.05, 3.63) is 52.3 Å². The van der Waals surface area contributed by atoms with Crippen molar-refractivity contribution in [1.82, 2.24) is 9.88 Å². The van der Waals surface area contributed by atoms with E-state index in [1.54, 1.807) is 18.7 Å². The van der Waals surface area contributed by atoms with Crippen LogP contribution in [0.4, 0.5) is 0 Å². The van der Waals surface area contributed by atoms with Crippen LogP contribution in [0.5, 0.6) is 5.75 Å². The monoisotopic (exact) mass is 286 g/mol. The van der Waals surface area contributed by atoms with Gasteiger partial charge in [0.05, 0.1) is 12.8 Å². The largest absolute Gasteiger partial charge is 0.497 e. The fourth-order valence-electron chi connectivity index (χ4n) is 2.29. The summed E-state index contributed by atoms with van der Waals surface area (Å²) >= 11 is 0. The highest BCUT2D eigenvalue weighted by atomic mass is 16.5. The molecule has 0 aliphatic heterocycles. The second kappa shape index (κ2) is 7.09. The molecule has 1 N–H and O–H groups in total. The van der Waals surface area contributed by atoms with Gasteiger partial charge in [0, 0.05) is 24.7 Å². The Bertz CT molecular complexity index is 662. The third-order valence-corrected chi connectivity index (χ3v) is 3.49. The van der Waals surface area contributed by atoms with Gasteiger partial charge in [0.25, 0.3) is 5.56 Å².